The fourth-order valence-corrected chi connectivity index (χ4v) is 3.56. The van der Waals surface area contributed by atoms with Gasteiger partial charge in [0, 0.05) is 31.4 Å². The number of aromatic amines is 1. The van der Waals surface area contributed by atoms with E-state index in [1.807, 2.05) is 30.3 Å². The molecule has 9 heteroatoms. The Morgan fingerprint density at radius 1 is 1.19 bits per heavy atom. The molecular weight excluding hydrogens is 430 g/mol. The molecule has 2 aromatic heterocycles. The molecule has 0 unspecified atom stereocenters. The standard InChI is InChI=1S/C23H27N3O5S/c1-27-8-9-29-14-16-2-3-18(13-25-16)30-19-10-15-11-20(23(24)32)26-22(15)21(12-19)31-17-4-6-28-7-5-17/h2-3,10-13,17,26H,4-9,14H2,1H3,(H2,24,32). The minimum absolute atomic E-state index is 0.0813. The number of ether oxygens (including phenoxy) is 5. The molecule has 0 bridgehead atoms. The van der Waals surface area contributed by atoms with Crippen LogP contribution in [0.2, 0.25) is 0 Å². The van der Waals surface area contributed by atoms with Gasteiger partial charge in [-0.1, -0.05) is 12.2 Å². The van der Waals surface area contributed by atoms with E-state index in [2.05, 4.69) is 9.97 Å². The summed E-state index contributed by atoms with van der Waals surface area (Å²) in [5.41, 5.74) is 8.17. The molecule has 0 saturated carbocycles. The second-order valence-electron chi connectivity index (χ2n) is 7.50. The van der Waals surface area contributed by atoms with Gasteiger partial charge >= 0.3 is 0 Å². The van der Waals surface area contributed by atoms with Crippen LogP contribution in [0, 0.1) is 0 Å². The van der Waals surface area contributed by atoms with Crippen LogP contribution in [0.3, 0.4) is 0 Å². The number of aromatic nitrogens is 2. The number of thiocarbonyl (C=S) groups is 1. The molecule has 1 aromatic carbocycles. The average molecular weight is 458 g/mol. The fraction of sp³-hybridized carbons (Fsp3) is 0.391. The molecule has 1 fully saturated rings. The lowest BCUT2D eigenvalue weighted by Gasteiger charge is -2.24. The fourth-order valence-electron chi connectivity index (χ4n) is 3.45. The van der Waals surface area contributed by atoms with Crippen molar-refractivity contribution >= 4 is 28.1 Å². The van der Waals surface area contributed by atoms with Crippen LogP contribution in [-0.4, -0.2) is 54.6 Å². The Balaban J connectivity index is 1.53. The number of nitrogens with two attached hydrogens (primary N) is 1. The second kappa shape index (κ2) is 10.7. The maximum absolute atomic E-state index is 6.31. The van der Waals surface area contributed by atoms with Gasteiger partial charge in [0.2, 0.25) is 0 Å². The molecule has 0 amide bonds. The molecule has 1 aliphatic rings. The van der Waals surface area contributed by atoms with Gasteiger partial charge in [-0.2, -0.15) is 0 Å². The molecule has 1 saturated heterocycles. The molecule has 3 N–H and O–H groups in total. The zero-order valence-electron chi connectivity index (χ0n) is 18.0. The summed E-state index contributed by atoms with van der Waals surface area (Å²) in [5, 5.41) is 0.906. The molecule has 8 nitrogen and oxygen atoms in total. The third-order valence-electron chi connectivity index (χ3n) is 5.11. The van der Waals surface area contributed by atoms with Gasteiger partial charge in [0.05, 0.1) is 56.1 Å². The van der Waals surface area contributed by atoms with Gasteiger partial charge in [0.15, 0.2) is 0 Å². The molecule has 0 radical (unpaired) electrons. The number of fused-ring (bicyclic) bond motifs is 1. The van der Waals surface area contributed by atoms with Crippen LogP contribution in [0.1, 0.15) is 24.2 Å². The molecule has 1 aliphatic heterocycles. The highest BCUT2D eigenvalue weighted by atomic mass is 32.1. The topological polar surface area (TPSA) is 101 Å². The third-order valence-corrected chi connectivity index (χ3v) is 5.33. The number of nitrogens with one attached hydrogen (secondary N) is 1. The van der Waals surface area contributed by atoms with Crippen LogP contribution in [0.4, 0.5) is 0 Å². The Hall–Kier alpha value is -2.72. The van der Waals surface area contributed by atoms with E-state index in [1.54, 1.807) is 13.3 Å². The van der Waals surface area contributed by atoms with Crippen molar-refractivity contribution in [1.82, 2.24) is 9.97 Å². The number of nitrogens with zero attached hydrogens (tertiary/aromatic N) is 1. The van der Waals surface area contributed by atoms with E-state index in [0.717, 1.165) is 29.4 Å². The second-order valence-corrected chi connectivity index (χ2v) is 7.93. The Kier molecular flexibility index (Phi) is 7.54. The van der Waals surface area contributed by atoms with E-state index in [4.69, 9.17) is 41.6 Å². The zero-order valence-corrected chi connectivity index (χ0v) is 18.8. The van der Waals surface area contributed by atoms with Crippen molar-refractivity contribution in [3.05, 3.63) is 47.9 Å². The first-order valence-corrected chi connectivity index (χ1v) is 10.9. The monoisotopic (exact) mass is 457 g/mol. The quantitative estimate of drug-likeness (QED) is 0.351. The van der Waals surface area contributed by atoms with Crippen molar-refractivity contribution in [3.63, 3.8) is 0 Å². The van der Waals surface area contributed by atoms with E-state index in [0.29, 0.717) is 61.0 Å². The van der Waals surface area contributed by atoms with Crippen LogP contribution in [-0.2, 0) is 20.8 Å². The molecule has 170 valence electrons. The summed E-state index contributed by atoms with van der Waals surface area (Å²) in [5.74, 6) is 1.95. The molecule has 3 aromatic rings. The Morgan fingerprint density at radius 2 is 2.03 bits per heavy atom. The number of pyridine rings is 1. The van der Waals surface area contributed by atoms with Crippen molar-refractivity contribution in [2.45, 2.75) is 25.6 Å². The summed E-state index contributed by atoms with van der Waals surface area (Å²) in [6.07, 6.45) is 3.44. The number of benzene rings is 1. The zero-order chi connectivity index (χ0) is 22.3. The van der Waals surface area contributed by atoms with Crippen LogP contribution in [0.25, 0.3) is 10.9 Å². The summed E-state index contributed by atoms with van der Waals surface area (Å²) < 4.78 is 28.3. The van der Waals surface area contributed by atoms with Gasteiger partial charge in [0.1, 0.15) is 28.3 Å². The first-order valence-electron chi connectivity index (χ1n) is 10.5. The maximum atomic E-state index is 6.31. The first kappa shape index (κ1) is 22.5. The molecule has 3 heterocycles. The summed E-state index contributed by atoms with van der Waals surface area (Å²) in [7, 11) is 1.64. The summed E-state index contributed by atoms with van der Waals surface area (Å²) in [6, 6.07) is 9.44. The van der Waals surface area contributed by atoms with Crippen LogP contribution in [0.15, 0.2) is 36.5 Å². The Labute approximate surface area is 192 Å². The van der Waals surface area contributed by atoms with Crippen molar-refractivity contribution in [1.29, 1.82) is 0 Å². The number of rotatable bonds is 10. The molecule has 0 atom stereocenters. The summed E-state index contributed by atoms with van der Waals surface area (Å²) in [4.78, 5) is 7.97. The summed E-state index contributed by atoms with van der Waals surface area (Å²) in [6.45, 7) is 2.89. The molecule has 0 aliphatic carbocycles. The third kappa shape index (κ3) is 5.74. The van der Waals surface area contributed by atoms with Gasteiger partial charge in [-0.15, -0.1) is 0 Å². The minimum atomic E-state index is 0.0813. The van der Waals surface area contributed by atoms with Crippen molar-refractivity contribution in [3.8, 4) is 17.2 Å². The number of methoxy groups -OCH3 is 1. The van der Waals surface area contributed by atoms with Crippen LogP contribution in [0.5, 0.6) is 17.2 Å². The maximum Gasteiger partial charge on any atom is 0.147 e. The Bertz CT molecular complexity index is 1050. The predicted molar refractivity (Wildman–Crippen MR) is 124 cm³/mol. The lowest BCUT2D eigenvalue weighted by Crippen LogP contribution is -2.26. The number of hydrogen-bond donors (Lipinski definition) is 2. The van der Waals surface area contributed by atoms with Gasteiger partial charge in [-0.3, -0.25) is 4.98 Å². The van der Waals surface area contributed by atoms with E-state index in [-0.39, 0.29) is 6.10 Å². The van der Waals surface area contributed by atoms with Crippen molar-refractivity contribution in [2.75, 3.05) is 33.5 Å². The molecule has 0 spiro atoms. The first-order chi connectivity index (χ1) is 15.6. The molecular formula is C23H27N3O5S. The Morgan fingerprint density at radius 3 is 2.75 bits per heavy atom. The van der Waals surface area contributed by atoms with E-state index < -0.39 is 0 Å². The normalized spacial score (nSPS) is 14.5. The van der Waals surface area contributed by atoms with Crippen LogP contribution < -0.4 is 15.2 Å². The van der Waals surface area contributed by atoms with Crippen molar-refractivity contribution < 1.29 is 23.7 Å². The average Bonchev–Trinajstić information content (AvgIpc) is 3.24. The van der Waals surface area contributed by atoms with Gasteiger partial charge in [-0.05, 0) is 24.3 Å². The SMILES string of the molecule is COCCOCc1ccc(Oc2cc(OC3CCOCC3)c3[nH]c(C(N)=S)cc3c2)cn1. The highest BCUT2D eigenvalue weighted by Crippen LogP contribution is 2.35. The van der Waals surface area contributed by atoms with Crippen LogP contribution >= 0.6 is 12.2 Å². The van der Waals surface area contributed by atoms with Gasteiger partial charge < -0.3 is 34.4 Å². The largest absolute Gasteiger partial charge is 0.488 e. The smallest absolute Gasteiger partial charge is 0.147 e. The van der Waals surface area contributed by atoms with E-state index in [9.17, 15) is 0 Å². The lowest BCUT2D eigenvalue weighted by molar-refractivity contribution is 0.0260. The van der Waals surface area contributed by atoms with Crippen molar-refractivity contribution in [2.24, 2.45) is 5.73 Å². The molecule has 4 rings (SSSR count). The van der Waals surface area contributed by atoms with Gasteiger partial charge in [-0.25, -0.2) is 0 Å². The highest BCUT2D eigenvalue weighted by molar-refractivity contribution is 7.80. The van der Waals surface area contributed by atoms with E-state index >= 15 is 0 Å². The number of H-pyrrole nitrogens is 1. The highest BCUT2D eigenvalue weighted by Gasteiger charge is 2.19. The summed E-state index contributed by atoms with van der Waals surface area (Å²) >= 11 is 5.13. The van der Waals surface area contributed by atoms with Gasteiger partial charge in [0.25, 0.3) is 0 Å². The minimum Gasteiger partial charge on any atom is -0.488 e. The number of hydrogen-bond acceptors (Lipinski definition) is 7. The van der Waals surface area contributed by atoms with E-state index in [1.165, 1.54) is 0 Å². The lowest BCUT2D eigenvalue weighted by atomic mass is 10.1. The molecule has 32 heavy (non-hydrogen) atoms. The predicted octanol–water partition coefficient (Wildman–Crippen LogP) is 3.71.